The highest BCUT2D eigenvalue weighted by Gasteiger charge is 2.15. The highest BCUT2D eigenvalue weighted by molar-refractivity contribution is 5.89. The average molecular weight is 297 g/mol. The second-order valence-electron chi connectivity index (χ2n) is 5.29. The Morgan fingerprint density at radius 3 is 2.38 bits per heavy atom. The van der Waals surface area contributed by atoms with Crippen LogP contribution in [0.25, 0.3) is 0 Å². The molecule has 1 aromatic rings. The number of amides is 3. The van der Waals surface area contributed by atoms with E-state index in [1.807, 2.05) is 0 Å². The molecule has 0 bridgehead atoms. The van der Waals surface area contributed by atoms with E-state index in [9.17, 15) is 14.0 Å². The van der Waals surface area contributed by atoms with Crippen molar-refractivity contribution in [2.24, 2.45) is 0 Å². The number of nitrogens with one attached hydrogen (secondary N) is 3. The summed E-state index contributed by atoms with van der Waals surface area (Å²) < 4.78 is 18.3. The first-order chi connectivity index (χ1) is 9.78. The predicted octanol–water partition coefficient (Wildman–Crippen LogP) is 2.47. The first-order valence-electron chi connectivity index (χ1n) is 6.54. The SMILES string of the molecule is CC(C)(C)OC(=O)NCCNC(=O)Nc1ccccc1F. The minimum atomic E-state index is -0.570. The molecule has 0 spiro atoms. The number of hydrogen-bond acceptors (Lipinski definition) is 3. The molecule has 1 rings (SSSR count). The van der Waals surface area contributed by atoms with E-state index in [2.05, 4.69) is 16.0 Å². The van der Waals surface area contributed by atoms with Crippen LogP contribution < -0.4 is 16.0 Å². The summed E-state index contributed by atoms with van der Waals surface area (Å²) in [4.78, 5) is 22.8. The Labute approximate surface area is 123 Å². The molecule has 0 fully saturated rings. The van der Waals surface area contributed by atoms with Gasteiger partial charge in [0.1, 0.15) is 11.4 Å². The molecule has 0 heterocycles. The Hall–Kier alpha value is -2.31. The summed E-state index contributed by atoms with van der Waals surface area (Å²) in [6.45, 7) is 5.67. The monoisotopic (exact) mass is 297 g/mol. The number of benzene rings is 1. The third-order valence-corrected chi connectivity index (χ3v) is 2.20. The highest BCUT2D eigenvalue weighted by Crippen LogP contribution is 2.11. The molecule has 3 amide bonds. The molecule has 116 valence electrons. The number of ether oxygens (including phenoxy) is 1. The molecule has 7 heteroatoms. The van der Waals surface area contributed by atoms with Gasteiger partial charge >= 0.3 is 12.1 Å². The van der Waals surface area contributed by atoms with E-state index >= 15 is 0 Å². The second-order valence-corrected chi connectivity index (χ2v) is 5.29. The van der Waals surface area contributed by atoms with Gasteiger partial charge in [0.05, 0.1) is 5.69 Å². The van der Waals surface area contributed by atoms with Crippen molar-refractivity contribution < 1.29 is 18.7 Å². The van der Waals surface area contributed by atoms with Gasteiger partial charge in [0, 0.05) is 13.1 Å². The van der Waals surface area contributed by atoms with Crippen LogP contribution in [0.4, 0.5) is 19.7 Å². The van der Waals surface area contributed by atoms with E-state index in [0.717, 1.165) is 0 Å². The van der Waals surface area contributed by atoms with Crippen molar-refractivity contribution in [2.45, 2.75) is 26.4 Å². The number of para-hydroxylation sites is 1. The van der Waals surface area contributed by atoms with Gasteiger partial charge in [-0.15, -0.1) is 0 Å². The first-order valence-corrected chi connectivity index (χ1v) is 6.54. The Balaban J connectivity index is 2.23. The maximum atomic E-state index is 13.3. The number of alkyl carbamates (subject to hydrolysis) is 1. The van der Waals surface area contributed by atoms with Gasteiger partial charge in [-0.25, -0.2) is 14.0 Å². The molecule has 1 aromatic carbocycles. The van der Waals surface area contributed by atoms with Crippen LogP contribution in [0.1, 0.15) is 20.8 Å². The minimum Gasteiger partial charge on any atom is -0.444 e. The van der Waals surface area contributed by atoms with Crippen molar-refractivity contribution >= 4 is 17.8 Å². The smallest absolute Gasteiger partial charge is 0.407 e. The van der Waals surface area contributed by atoms with Gasteiger partial charge in [0.2, 0.25) is 0 Å². The molecule has 0 aliphatic rings. The molecule has 0 atom stereocenters. The summed E-state index contributed by atoms with van der Waals surface area (Å²) in [6.07, 6.45) is -0.557. The maximum absolute atomic E-state index is 13.3. The Bertz CT molecular complexity index is 500. The molecule has 0 radical (unpaired) electrons. The summed E-state index contributed by atoms with van der Waals surface area (Å²) in [5, 5.41) is 7.35. The van der Waals surface area contributed by atoms with Crippen LogP contribution in [-0.4, -0.2) is 30.8 Å². The van der Waals surface area contributed by atoms with Crippen molar-refractivity contribution in [3.63, 3.8) is 0 Å². The lowest BCUT2D eigenvalue weighted by Gasteiger charge is -2.19. The maximum Gasteiger partial charge on any atom is 0.407 e. The van der Waals surface area contributed by atoms with Crippen molar-refractivity contribution in [1.82, 2.24) is 10.6 Å². The third kappa shape index (κ3) is 7.14. The topological polar surface area (TPSA) is 79.5 Å². The average Bonchev–Trinajstić information content (AvgIpc) is 2.35. The standard InChI is InChI=1S/C14H20FN3O3/c1-14(2,3)21-13(20)17-9-8-16-12(19)18-11-7-5-4-6-10(11)15/h4-7H,8-9H2,1-3H3,(H,17,20)(H2,16,18,19). The van der Waals surface area contributed by atoms with Crippen molar-refractivity contribution in [2.75, 3.05) is 18.4 Å². The van der Waals surface area contributed by atoms with Gasteiger partial charge in [0.25, 0.3) is 0 Å². The number of hydrogen-bond donors (Lipinski definition) is 3. The molecule has 0 aliphatic carbocycles. The quantitative estimate of drug-likeness (QED) is 0.747. The molecule has 0 aliphatic heterocycles. The molecule has 0 unspecified atom stereocenters. The lowest BCUT2D eigenvalue weighted by atomic mass is 10.2. The summed E-state index contributed by atoms with van der Waals surface area (Å²) in [6, 6.07) is 5.30. The molecule has 0 saturated heterocycles. The van der Waals surface area contributed by atoms with Crippen molar-refractivity contribution in [1.29, 1.82) is 0 Å². The Kier molecular flexibility index (Phi) is 5.95. The van der Waals surface area contributed by atoms with Crippen molar-refractivity contribution in [3.8, 4) is 0 Å². The predicted molar refractivity (Wildman–Crippen MR) is 77.7 cm³/mol. The van der Waals surface area contributed by atoms with E-state index in [-0.39, 0.29) is 18.8 Å². The van der Waals surface area contributed by atoms with Crippen LogP contribution in [0.2, 0.25) is 0 Å². The summed E-state index contributed by atoms with van der Waals surface area (Å²) in [5.41, 5.74) is -0.477. The van der Waals surface area contributed by atoms with Gasteiger partial charge in [-0.3, -0.25) is 0 Å². The van der Waals surface area contributed by atoms with Crippen molar-refractivity contribution in [3.05, 3.63) is 30.1 Å². The number of rotatable bonds is 4. The summed E-state index contributed by atoms with van der Waals surface area (Å²) in [5.74, 6) is -0.514. The number of carbonyl (C=O) groups excluding carboxylic acids is 2. The third-order valence-electron chi connectivity index (χ3n) is 2.20. The van der Waals surface area contributed by atoms with Gasteiger partial charge in [-0.05, 0) is 32.9 Å². The van der Waals surface area contributed by atoms with Crippen LogP contribution >= 0.6 is 0 Å². The highest BCUT2D eigenvalue weighted by atomic mass is 19.1. The molecule has 0 saturated carbocycles. The molecule has 3 N–H and O–H groups in total. The largest absolute Gasteiger partial charge is 0.444 e. The van der Waals surface area contributed by atoms with E-state index in [1.54, 1.807) is 26.8 Å². The van der Waals surface area contributed by atoms with Crippen LogP contribution in [0, 0.1) is 5.82 Å². The molecule has 0 aromatic heterocycles. The first kappa shape index (κ1) is 16.7. The lowest BCUT2D eigenvalue weighted by molar-refractivity contribution is 0.0528. The minimum absolute atomic E-state index is 0.0927. The molecule has 21 heavy (non-hydrogen) atoms. The zero-order valence-electron chi connectivity index (χ0n) is 12.3. The lowest BCUT2D eigenvalue weighted by Crippen LogP contribution is -2.39. The van der Waals surface area contributed by atoms with Crippen LogP contribution in [0.15, 0.2) is 24.3 Å². The fraction of sp³-hybridized carbons (Fsp3) is 0.429. The Morgan fingerprint density at radius 1 is 1.14 bits per heavy atom. The van der Waals surface area contributed by atoms with E-state index in [4.69, 9.17) is 4.74 Å². The van der Waals surface area contributed by atoms with E-state index < -0.39 is 23.5 Å². The van der Waals surface area contributed by atoms with Crippen LogP contribution in [-0.2, 0) is 4.74 Å². The number of anilines is 1. The normalized spacial score (nSPS) is 10.7. The zero-order valence-corrected chi connectivity index (χ0v) is 12.3. The number of halogens is 1. The van der Waals surface area contributed by atoms with E-state index in [0.29, 0.717) is 0 Å². The molecular formula is C14H20FN3O3. The second kappa shape index (κ2) is 7.47. The number of carbonyl (C=O) groups is 2. The van der Waals surface area contributed by atoms with Crippen LogP contribution in [0.5, 0.6) is 0 Å². The van der Waals surface area contributed by atoms with Gasteiger partial charge in [-0.1, -0.05) is 12.1 Å². The number of urea groups is 1. The fourth-order valence-electron chi connectivity index (χ4n) is 1.38. The summed E-state index contributed by atoms with van der Waals surface area (Å²) in [7, 11) is 0. The van der Waals surface area contributed by atoms with Gasteiger partial charge < -0.3 is 20.7 Å². The Morgan fingerprint density at radius 2 is 1.76 bits per heavy atom. The fourth-order valence-corrected chi connectivity index (χ4v) is 1.38. The van der Waals surface area contributed by atoms with E-state index in [1.165, 1.54) is 18.2 Å². The van der Waals surface area contributed by atoms with Gasteiger partial charge in [0.15, 0.2) is 0 Å². The molecular weight excluding hydrogens is 277 g/mol. The van der Waals surface area contributed by atoms with Gasteiger partial charge in [-0.2, -0.15) is 0 Å². The molecule has 6 nitrogen and oxygen atoms in total. The summed E-state index contributed by atoms with van der Waals surface area (Å²) >= 11 is 0. The van der Waals surface area contributed by atoms with Crippen LogP contribution in [0.3, 0.4) is 0 Å². The zero-order chi connectivity index (χ0) is 15.9.